The predicted octanol–water partition coefficient (Wildman–Crippen LogP) is 3.94. The number of thiazole rings is 1. The van der Waals surface area contributed by atoms with Crippen molar-refractivity contribution in [3.05, 3.63) is 52.9 Å². The van der Waals surface area contributed by atoms with Gasteiger partial charge in [-0.3, -0.25) is 4.79 Å². The molecule has 1 aromatic carbocycles. The first-order chi connectivity index (χ1) is 13.9. The molecule has 0 spiro atoms. The van der Waals surface area contributed by atoms with Gasteiger partial charge in [0.25, 0.3) is 15.9 Å². The molecule has 4 rings (SSSR count). The Labute approximate surface area is 176 Å². The van der Waals surface area contributed by atoms with Crippen LogP contribution in [0.4, 0.5) is 5.69 Å². The maximum Gasteiger partial charge on any atom is 0.283 e. The highest BCUT2D eigenvalue weighted by Crippen LogP contribution is 2.29. The number of anilines is 1. The van der Waals surface area contributed by atoms with Gasteiger partial charge in [-0.15, -0.1) is 27.1 Å². The third-order valence-corrected chi connectivity index (χ3v) is 7.79. The molecule has 29 heavy (non-hydrogen) atoms. The van der Waals surface area contributed by atoms with E-state index < -0.39 is 10.0 Å². The van der Waals surface area contributed by atoms with Crippen LogP contribution >= 0.6 is 22.7 Å². The molecule has 3 aromatic rings. The highest BCUT2D eigenvalue weighted by atomic mass is 32.2. The molecule has 1 fully saturated rings. The van der Waals surface area contributed by atoms with Gasteiger partial charge in [0.2, 0.25) is 0 Å². The predicted molar refractivity (Wildman–Crippen MR) is 116 cm³/mol. The molecular weight excluding hydrogens is 428 g/mol. The number of rotatable bonds is 5. The zero-order chi connectivity index (χ0) is 20.4. The van der Waals surface area contributed by atoms with Gasteiger partial charge in [0.05, 0.1) is 16.0 Å². The molecule has 3 heterocycles. The van der Waals surface area contributed by atoms with Crippen molar-refractivity contribution in [1.82, 2.24) is 9.88 Å². The van der Waals surface area contributed by atoms with E-state index in [-0.39, 0.29) is 10.8 Å². The van der Waals surface area contributed by atoms with Gasteiger partial charge in [0.1, 0.15) is 15.7 Å². The zero-order valence-electron chi connectivity index (χ0n) is 15.5. The monoisotopic (exact) mass is 446 g/mol. The summed E-state index contributed by atoms with van der Waals surface area (Å²) in [6.07, 6.45) is 3.11. The molecule has 150 valence electrons. The Kier molecular flexibility index (Phi) is 5.48. The Hall–Kier alpha value is -2.56. The summed E-state index contributed by atoms with van der Waals surface area (Å²) in [5, 5.41) is 5.53. The van der Waals surface area contributed by atoms with Crippen LogP contribution in [0.25, 0.3) is 9.88 Å². The van der Waals surface area contributed by atoms with Gasteiger partial charge in [-0.25, -0.2) is 4.98 Å². The lowest BCUT2D eigenvalue weighted by atomic mass is 10.3. The van der Waals surface area contributed by atoms with E-state index in [9.17, 15) is 13.2 Å². The van der Waals surface area contributed by atoms with Crippen LogP contribution in [0.1, 0.15) is 22.5 Å². The lowest BCUT2D eigenvalue weighted by Crippen LogP contribution is -2.20. The first-order valence-corrected chi connectivity index (χ1v) is 12.0. The average Bonchev–Trinajstić information content (AvgIpc) is 3.44. The fourth-order valence-corrected chi connectivity index (χ4v) is 5.61. The number of carbonyl (C=O) groups is 1. The van der Waals surface area contributed by atoms with Gasteiger partial charge in [-0.05, 0) is 42.1 Å². The number of thiophene rings is 1. The first kappa shape index (κ1) is 19.7. The van der Waals surface area contributed by atoms with Crippen LogP contribution in [0.5, 0.6) is 0 Å². The van der Waals surface area contributed by atoms with E-state index in [0.29, 0.717) is 22.8 Å². The number of amidine groups is 1. The number of hydrogen-bond donors (Lipinski definition) is 1. The highest BCUT2D eigenvalue weighted by Gasteiger charge is 2.20. The topological polar surface area (TPSA) is 91.7 Å². The summed E-state index contributed by atoms with van der Waals surface area (Å²) in [7, 11) is -1.93. The van der Waals surface area contributed by atoms with Crippen molar-refractivity contribution in [2.75, 3.05) is 18.9 Å². The molecular formula is C19H18N4O3S3. The van der Waals surface area contributed by atoms with E-state index in [2.05, 4.69) is 14.7 Å². The Morgan fingerprint density at radius 2 is 2.03 bits per heavy atom. The number of benzene rings is 1. The second-order valence-corrected chi connectivity index (χ2v) is 10.1. The fraction of sp³-hybridized carbons (Fsp3) is 0.211. The lowest BCUT2D eigenvalue weighted by molar-refractivity contribution is 0.103. The molecule has 0 bridgehead atoms. The Morgan fingerprint density at radius 3 is 2.69 bits per heavy atom. The number of aromatic nitrogens is 1. The van der Waals surface area contributed by atoms with Gasteiger partial charge >= 0.3 is 0 Å². The average molecular weight is 447 g/mol. The summed E-state index contributed by atoms with van der Waals surface area (Å²) >= 11 is 2.88. The summed E-state index contributed by atoms with van der Waals surface area (Å²) in [6, 6.07) is 9.92. The molecule has 1 aliphatic heterocycles. The molecule has 0 unspecified atom stereocenters. The number of hydrogen-bond acceptors (Lipinski definition) is 6. The minimum Gasteiger partial charge on any atom is -0.362 e. The molecule has 1 saturated heterocycles. The normalized spacial score (nSPS) is 15.8. The van der Waals surface area contributed by atoms with Crippen LogP contribution in [0, 0.1) is 0 Å². The minimum absolute atomic E-state index is 0.0982. The van der Waals surface area contributed by atoms with Crippen LogP contribution < -0.4 is 5.32 Å². The van der Waals surface area contributed by atoms with Gasteiger partial charge in [-0.1, -0.05) is 6.07 Å². The molecule has 1 aliphatic rings. The lowest BCUT2D eigenvalue weighted by Gasteiger charge is -2.11. The Balaban J connectivity index is 1.46. The number of amides is 1. The van der Waals surface area contributed by atoms with Gasteiger partial charge < -0.3 is 10.2 Å². The van der Waals surface area contributed by atoms with Crippen LogP contribution in [-0.2, 0) is 10.0 Å². The molecule has 0 atom stereocenters. The van der Waals surface area contributed by atoms with Gasteiger partial charge in [-0.2, -0.15) is 8.42 Å². The molecule has 0 aliphatic carbocycles. The van der Waals surface area contributed by atoms with Crippen molar-refractivity contribution in [3.63, 3.8) is 0 Å². The standard InChI is InChI=1S/C19H18N4O3S3/c1-23-10-2-5-17(23)22-29(25,26)14-8-6-13(7-9-14)21-18(24)16-12-20-19(28-16)15-4-3-11-27-15/h3-4,6-9,11-12H,2,5,10H2,1H3,(H,21,24)/b22-17-. The number of likely N-dealkylation sites (tertiary alicyclic amines) is 1. The summed E-state index contributed by atoms with van der Waals surface area (Å²) in [5.74, 6) is 0.294. The van der Waals surface area contributed by atoms with Gasteiger partial charge in [0, 0.05) is 25.7 Å². The van der Waals surface area contributed by atoms with Crippen molar-refractivity contribution in [2.45, 2.75) is 17.7 Å². The number of nitrogens with zero attached hydrogens (tertiary/aromatic N) is 3. The molecule has 7 nitrogen and oxygen atoms in total. The maximum absolute atomic E-state index is 12.5. The SMILES string of the molecule is CN1CCC/C1=N/S(=O)(=O)c1ccc(NC(=O)c2cnc(-c3cccs3)s2)cc1. The van der Waals surface area contributed by atoms with E-state index in [0.717, 1.165) is 22.9 Å². The van der Waals surface area contributed by atoms with Gasteiger partial charge in [0.15, 0.2) is 0 Å². The van der Waals surface area contributed by atoms with E-state index in [4.69, 9.17) is 0 Å². The van der Waals surface area contributed by atoms with Crippen molar-refractivity contribution in [2.24, 2.45) is 4.40 Å². The summed E-state index contributed by atoms with van der Waals surface area (Å²) in [6.45, 7) is 0.811. The maximum atomic E-state index is 12.5. The number of sulfonamides is 1. The van der Waals surface area contributed by atoms with Crippen molar-refractivity contribution < 1.29 is 13.2 Å². The Bertz CT molecular complexity index is 1150. The minimum atomic E-state index is -3.77. The molecule has 0 saturated carbocycles. The third kappa shape index (κ3) is 4.39. The van der Waals surface area contributed by atoms with Crippen LogP contribution in [0.3, 0.4) is 0 Å². The van der Waals surface area contributed by atoms with E-state index in [1.165, 1.54) is 23.5 Å². The molecule has 2 aromatic heterocycles. The van der Waals surface area contributed by atoms with Crippen molar-refractivity contribution in [1.29, 1.82) is 0 Å². The second kappa shape index (κ2) is 8.05. The second-order valence-electron chi connectivity index (χ2n) is 6.49. The quantitative estimate of drug-likeness (QED) is 0.641. The molecule has 1 N–H and O–H groups in total. The number of carbonyl (C=O) groups excluding carboxylic acids is 1. The van der Waals surface area contributed by atoms with Crippen molar-refractivity contribution in [3.8, 4) is 9.88 Å². The largest absolute Gasteiger partial charge is 0.362 e. The van der Waals surface area contributed by atoms with Crippen LogP contribution in [-0.4, -0.2) is 43.6 Å². The molecule has 10 heteroatoms. The summed E-state index contributed by atoms with van der Waals surface area (Å²) < 4.78 is 28.9. The summed E-state index contributed by atoms with van der Waals surface area (Å²) in [5.41, 5.74) is 0.505. The van der Waals surface area contributed by atoms with E-state index >= 15 is 0 Å². The molecule has 1 amide bonds. The Morgan fingerprint density at radius 1 is 1.24 bits per heavy atom. The zero-order valence-corrected chi connectivity index (χ0v) is 18.0. The number of nitrogens with one attached hydrogen (secondary N) is 1. The highest BCUT2D eigenvalue weighted by molar-refractivity contribution is 7.90. The van der Waals surface area contributed by atoms with Crippen molar-refractivity contribution >= 4 is 50.1 Å². The van der Waals surface area contributed by atoms with E-state index in [1.54, 1.807) is 29.7 Å². The first-order valence-electron chi connectivity index (χ1n) is 8.88. The van der Waals surface area contributed by atoms with E-state index in [1.807, 2.05) is 29.5 Å². The smallest absolute Gasteiger partial charge is 0.283 e. The molecule has 0 radical (unpaired) electrons. The third-order valence-electron chi connectivity index (χ3n) is 4.43. The fourth-order valence-electron chi connectivity index (χ4n) is 2.90. The van der Waals surface area contributed by atoms with Crippen LogP contribution in [0.15, 0.2) is 57.3 Å². The summed E-state index contributed by atoms with van der Waals surface area (Å²) in [4.78, 5) is 20.2. The van der Waals surface area contributed by atoms with Crippen LogP contribution in [0.2, 0.25) is 0 Å².